The van der Waals surface area contributed by atoms with Gasteiger partial charge in [0.05, 0.1) is 0 Å². The van der Waals surface area contributed by atoms with E-state index in [-0.39, 0.29) is 0 Å². The Morgan fingerprint density at radius 1 is 0.562 bits per heavy atom. The number of benzene rings is 3. The Morgan fingerprint density at radius 2 is 1.06 bits per heavy atom. The molecule has 0 aliphatic heterocycles. The van der Waals surface area contributed by atoms with Gasteiger partial charge in [-0.2, -0.15) is 0 Å². The minimum Gasteiger partial charge on any atom is -0.0985 e. The molecule has 32 heavy (non-hydrogen) atoms. The molecule has 0 saturated heterocycles. The third kappa shape index (κ3) is 8.45. The van der Waals surface area contributed by atoms with Gasteiger partial charge in [-0.1, -0.05) is 148 Å². The predicted molar refractivity (Wildman–Crippen MR) is 148 cm³/mol. The second kappa shape index (κ2) is 15.0. The van der Waals surface area contributed by atoms with Crippen LogP contribution in [0.25, 0.3) is 29.9 Å². The highest BCUT2D eigenvalue weighted by atomic mass is 14.1. The highest BCUT2D eigenvalue weighted by molar-refractivity contribution is 5.84. The highest BCUT2D eigenvalue weighted by Crippen LogP contribution is 2.27. The Morgan fingerprint density at radius 3 is 1.38 bits per heavy atom. The topological polar surface area (TPSA) is 0 Å². The van der Waals surface area contributed by atoms with Crippen LogP contribution in [-0.4, -0.2) is 0 Å². The summed E-state index contributed by atoms with van der Waals surface area (Å²) in [6.45, 7) is 23.0. The summed E-state index contributed by atoms with van der Waals surface area (Å²) >= 11 is 0. The van der Waals surface area contributed by atoms with Crippen LogP contribution < -0.4 is 0 Å². The van der Waals surface area contributed by atoms with Crippen LogP contribution in [0.15, 0.2) is 123 Å². The van der Waals surface area contributed by atoms with Gasteiger partial charge in [0, 0.05) is 0 Å². The predicted octanol–water partition coefficient (Wildman–Crippen LogP) is 9.61. The van der Waals surface area contributed by atoms with Gasteiger partial charge in [0.2, 0.25) is 0 Å². The summed E-state index contributed by atoms with van der Waals surface area (Å²) in [6, 6.07) is 26.2. The molecule has 0 heteroatoms. The molecule has 0 aromatic heterocycles. The molecule has 0 amide bonds. The Labute approximate surface area is 195 Å². The molecule has 0 spiro atoms. The van der Waals surface area contributed by atoms with Gasteiger partial charge < -0.3 is 0 Å². The lowest BCUT2D eigenvalue weighted by Gasteiger charge is -2.11. The van der Waals surface area contributed by atoms with Crippen molar-refractivity contribution in [2.45, 2.75) is 13.8 Å². The highest BCUT2D eigenvalue weighted by Gasteiger charge is 2.06. The fourth-order valence-electron chi connectivity index (χ4n) is 2.99. The first kappa shape index (κ1) is 26.1. The van der Waals surface area contributed by atoms with Crippen LogP contribution in [-0.2, 0) is 0 Å². The second-order valence-corrected chi connectivity index (χ2v) is 7.06. The molecular formula is C32H34. The summed E-state index contributed by atoms with van der Waals surface area (Å²) in [4.78, 5) is 0. The van der Waals surface area contributed by atoms with Crippen molar-refractivity contribution in [3.63, 3.8) is 0 Å². The Kier molecular flexibility index (Phi) is 12.2. The van der Waals surface area contributed by atoms with E-state index in [9.17, 15) is 0 Å². The van der Waals surface area contributed by atoms with Gasteiger partial charge in [-0.3, -0.25) is 0 Å². The van der Waals surface area contributed by atoms with Crippen LogP contribution in [0.4, 0.5) is 0 Å². The van der Waals surface area contributed by atoms with Crippen molar-refractivity contribution in [3.05, 3.63) is 151 Å². The maximum atomic E-state index is 3.87. The molecule has 3 aromatic carbocycles. The lowest BCUT2D eigenvalue weighted by Crippen LogP contribution is -1.91. The van der Waals surface area contributed by atoms with Crippen LogP contribution in [0.5, 0.6) is 0 Å². The zero-order chi connectivity index (χ0) is 23.8. The molecule has 162 valence electrons. The van der Waals surface area contributed by atoms with Gasteiger partial charge in [-0.25, -0.2) is 0 Å². The maximum absolute atomic E-state index is 3.87. The van der Waals surface area contributed by atoms with Crippen molar-refractivity contribution in [2.75, 3.05) is 0 Å². The number of hydrogen-bond acceptors (Lipinski definition) is 0. The van der Waals surface area contributed by atoms with E-state index in [1.807, 2.05) is 103 Å². The van der Waals surface area contributed by atoms with Crippen molar-refractivity contribution in [1.82, 2.24) is 0 Å². The van der Waals surface area contributed by atoms with Gasteiger partial charge in [0.1, 0.15) is 0 Å². The molecule has 0 saturated carbocycles. The fraction of sp³-hybridized carbons (Fsp3) is 0.0625. The molecule has 3 rings (SSSR count). The molecule has 0 aliphatic rings. The Balaban J connectivity index is 0.000000267. The third-order valence-corrected chi connectivity index (χ3v) is 4.67. The zero-order valence-corrected chi connectivity index (χ0v) is 19.4. The maximum Gasteiger partial charge on any atom is -0.0107 e. The van der Waals surface area contributed by atoms with Gasteiger partial charge in [0.15, 0.2) is 0 Å². The van der Waals surface area contributed by atoms with E-state index >= 15 is 0 Å². The van der Waals surface area contributed by atoms with Crippen molar-refractivity contribution < 1.29 is 0 Å². The van der Waals surface area contributed by atoms with E-state index in [1.165, 1.54) is 27.8 Å². The molecule has 0 nitrogen and oxygen atoms in total. The van der Waals surface area contributed by atoms with Gasteiger partial charge in [0.25, 0.3) is 0 Å². The summed E-state index contributed by atoms with van der Waals surface area (Å²) in [5.41, 5.74) is 8.15. The van der Waals surface area contributed by atoms with E-state index in [2.05, 4.69) is 52.8 Å². The minimum absolute atomic E-state index is 1.10. The van der Waals surface area contributed by atoms with E-state index in [1.54, 1.807) is 0 Å². The summed E-state index contributed by atoms with van der Waals surface area (Å²) in [5.74, 6) is 0. The minimum atomic E-state index is 1.10. The average molecular weight is 419 g/mol. The van der Waals surface area contributed by atoms with Gasteiger partial charge >= 0.3 is 0 Å². The van der Waals surface area contributed by atoms with Crippen molar-refractivity contribution in [3.8, 4) is 0 Å². The lowest BCUT2D eigenvalue weighted by molar-refractivity contribution is 1.39. The van der Waals surface area contributed by atoms with Gasteiger partial charge in [-0.15, -0.1) is 0 Å². The van der Waals surface area contributed by atoms with Crippen molar-refractivity contribution in [2.24, 2.45) is 0 Å². The molecule has 0 fully saturated rings. The van der Waals surface area contributed by atoms with Crippen LogP contribution in [0.1, 0.15) is 41.7 Å². The van der Waals surface area contributed by atoms with Crippen LogP contribution in [0.2, 0.25) is 0 Å². The Bertz CT molecular complexity index is 1000. The summed E-state index contributed by atoms with van der Waals surface area (Å²) in [7, 11) is 0. The monoisotopic (exact) mass is 418 g/mol. The first-order chi connectivity index (χ1) is 15.5. The molecule has 0 radical (unpaired) electrons. The van der Waals surface area contributed by atoms with Crippen molar-refractivity contribution >= 4 is 29.9 Å². The zero-order valence-electron chi connectivity index (χ0n) is 19.4. The molecule has 0 unspecified atom stereocenters. The molecule has 0 N–H and O–H groups in total. The first-order valence-corrected chi connectivity index (χ1v) is 10.6. The molecule has 0 atom stereocenters. The van der Waals surface area contributed by atoms with Crippen molar-refractivity contribution in [1.29, 1.82) is 0 Å². The van der Waals surface area contributed by atoms with Crippen LogP contribution in [0, 0.1) is 0 Å². The molecule has 3 aromatic rings. The average Bonchev–Trinajstić information content (AvgIpc) is 2.85. The quantitative estimate of drug-likeness (QED) is 0.349. The summed E-state index contributed by atoms with van der Waals surface area (Å²) in [5, 5.41) is 0. The van der Waals surface area contributed by atoms with E-state index in [4.69, 9.17) is 0 Å². The SMILES string of the molecule is C=CC(=C(C)C)c1cccc(C=C)c1C=C.C=Cc1ccccc1.C=Cc1ccccc1. The molecule has 0 aliphatic carbocycles. The smallest absolute Gasteiger partial charge is 0.0107 e. The standard InChI is InChI=1S/C16H18.2C8H8/c1-6-13-10-9-11-16(15(13)8-3)14(7-2)12(4)5;2*1-2-8-6-4-3-5-7-8/h6-11H,1-3H2,4-5H3;2*2-7H,1H2. The van der Waals surface area contributed by atoms with E-state index in [0.29, 0.717) is 0 Å². The fourth-order valence-corrected chi connectivity index (χ4v) is 2.99. The number of hydrogen-bond donors (Lipinski definition) is 0. The van der Waals surface area contributed by atoms with E-state index < -0.39 is 0 Å². The Hall–Kier alpha value is -3.90. The summed E-state index contributed by atoms with van der Waals surface area (Å²) < 4.78 is 0. The van der Waals surface area contributed by atoms with Crippen LogP contribution >= 0.6 is 0 Å². The van der Waals surface area contributed by atoms with Crippen LogP contribution in [0.3, 0.4) is 0 Å². The van der Waals surface area contributed by atoms with E-state index in [0.717, 1.165) is 11.1 Å². The number of rotatable bonds is 6. The van der Waals surface area contributed by atoms with Gasteiger partial charge in [-0.05, 0) is 47.2 Å². The molecule has 0 heterocycles. The normalized spacial score (nSPS) is 8.94. The molecular weight excluding hydrogens is 384 g/mol. The third-order valence-electron chi connectivity index (χ3n) is 4.67. The number of allylic oxidation sites excluding steroid dienone is 3. The lowest BCUT2D eigenvalue weighted by atomic mass is 9.93. The summed E-state index contributed by atoms with van der Waals surface area (Å²) in [6.07, 6.45) is 9.29. The molecule has 0 bridgehead atoms. The largest absolute Gasteiger partial charge is 0.0985 e. The second-order valence-electron chi connectivity index (χ2n) is 7.06. The first-order valence-electron chi connectivity index (χ1n) is 10.6.